The second kappa shape index (κ2) is 6.97. The molecule has 4 rings (SSSR count). The summed E-state index contributed by atoms with van der Waals surface area (Å²) in [5.41, 5.74) is 1.16. The molecule has 0 spiro atoms. The molecule has 6 nitrogen and oxygen atoms in total. The third kappa shape index (κ3) is 3.49. The second-order valence-corrected chi connectivity index (χ2v) is 6.84. The van der Waals surface area contributed by atoms with Crippen LogP contribution in [0.15, 0.2) is 30.6 Å². The first kappa shape index (κ1) is 17.4. The highest BCUT2D eigenvalue weighted by Crippen LogP contribution is 2.34. The maximum atomic E-state index is 14.2. The molecule has 0 bridgehead atoms. The van der Waals surface area contributed by atoms with Crippen LogP contribution in [-0.2, 0) is 0 Å². The van der Waals surface area contributed by atoms with Crippen molar-refractivity contribution in [3.8, 4) is 34.7 Å². The Morgan fingerprint density at radius 3 is 2.70 bits per heavy atom. The summed E-state index contributed by atoms with van der Waals surface area (Å²) in [6.45, 7) is 2.00. The smallest absolute Gasteiger partial charge is 0.316 e. The molecule has 8 heteroatoms. The number of aromatic nitrogens is 4. The summed E-state index contributed by atoms with van der Waals surface area (Å²) in [7, 11) is 0. The summed E-state index contributed by atoms with van der Waals surface area (Å²) >= 11 is 6.09. The molecule has 1 saturated carbocycles. The van der Waals surface area contributed by atoms with Gasteiger partial charge in [-0.25, -0.2) is 19.3 Å². The Morgan fingerprint density at radius 2 is 2.07 bits per heavy atom. The molecule has 1 aliphatic rings. The van der Waals surface area contributed by atoms with E-state index in [1.54, 1.807) is 18.5 Å². The van der Waals surface area contributed by atoms with Crippen LogP contribution in [0.4, 0.5) is 4.39 Å². The van der Waals surface area contributed by atoms with Crippen molar-refractivity contribution < 1.29 is 9.13 Å². The number of benzene rings is 1. The van der Waals surface area contributed by atoms with Crippen molar-refractivity contribution in [2.24, 2.45) is 5.92 Å². The van der Waals surface area contributed by atoms with Crippen LogP contribution in [0.25, 0.3) is 22.6 Å². The first-order chi connectivity index (χ1) is 13.1. The molecule has 136 valence electrons. The van der Waals surface area contributed by atoms with Crippen molar-refractivity contribution in [3.05, 3.63) is 47.1 Å². The molecule has 0 aliphatic heterocycles. The van der Waals surface area contributed by atoms with Gasteiger partial charge in [-0.1, -0.05) is 17.7 Å². The number of nitriles is 1. The molecule has 0 saturated heterocycles. The highest BCUT2D eigenvalue weighted by atomic mass is 35.5. The van der Waals surface area contributed by atoms with Crippen molar-refractivity contribution >= 4 is 11.6 Å². The van der Waals surface area contributed by atoms with E-state index < -0.39 is 5.82 Å². The van der Waals surface area contributed by atoms with E-state index in [1.165, 1.54) is 25.0 Å². The number of hydrogen-bond acceptors (Lipinski definition) is 5. The summed E-state index contributed by atoms with van der Waals surface area (Å²) in [4.78, 5) is 15.5. The van der Waals surface area contributed by atoms with E-state index in [9.17, 15) is 9.65 Å². The maximum absolute atomic E-state index is 14.2. The molecule has 1 aromatic carbocycles. The van der Waals surface area contributed by atoms with Crippen LogP contribution in [0.3, 0.4) is 0 Å². The highest BCUT2D eigenvalue weighted by Gasteiger charge is 2.30. The maximum Gasteiger partial charge on any atom is 0.316 e. The van der Waals surface area contributed by atoms with E-state index in [4.69, 9.17) is 16.3 Å². The molecule has 1 N–H and O–H groups in total. The lowest BCUT2D eigenvalue weighted by molar-refractivity contribution is 0.181. The first-order valence-electron chi connectivity index (χ1n) is 8.50. The van der Waals surface area contributed by atoms with Crippen LogP contribution >= 0.6 is 11.6 Å². The minimum atomic E-state index is -0.527. The Morgan fingerprint density at radius 1 is 1.33 bits per heavy atom. The van der Waals surface area contributed by atoms with Gasteiger partial charge in [0.05, 0.1) is 16.3 Å². The zero-order chi connectivity index (χ0) is 19.0. The number of ether oxygens (including phenoxy) is 1. The molecule has 1 unspecified atom stereocenters. The number of H-pyrrole nitrogens is 1. The predicted molar refractivity (Wildman–Crippen MR) is 97.5 cm³/mol. The summed E-state index contributed by atoms with van der Waals surface area (Å²) in [6.07, 6.45) is 5.50. The van der Waals surface area contributed by atoms with Crippen LogP contribution in [0.1, 0.15) is 25.5 Å². The van der Waals surface area contributed by atoms with Gasteiger partial charge in [-0.3, -0.25) is 0 Å². The zero-order valence-corrected chi connectivity index (χ0v) is 15.2. The van der Waals surface area contributed by atoms with E-state index in [0.717, 1.165) is 0 Å². The normalized spacial score (nSPS) is 14.6. The third-order valence-electron chi connectivity index (χ3n) is 4.50. The van der Waals surface area contributed by atoms with Gasteiger partial charge in [-0.2, -0.15) is 5.26 Å². The zero-order valence-electron chi connectivity index (χ0n) is 14.4. The van der Waals surface area contributed by atoms with E-state index in [2.05, 4.69) is 19.9 Å². The van der Waals surface area contributed by atoms with E-state index in [1.807, 2.05) is 13.0 Å². The SMILES string of the molecule is CC(Oc1ncc(-c2[nH]c(-c3c(F)cccc3Cl)nc2C#N)cn1)C1CC1. The van der Waals surface area contributed by atoms with Crippen molar-refractivity contribution in [3.63, 3.8) is 0 Å². The third-order valence-corrected chi connectivity index (χ3v) is 4.82. The van der Waals surface area contributed by atoms with E-state index in [-0.39, 0.29) is 34.2 Å². The van der Waals surface area contributed by atoms with Gasteiger partial charge in [0.2, 0.25) is 0 Å². The molecule has 3 aromatic rings. The Hall–Kier alpha value is -2.98. The molecular formula is C19H15ClFN5O. The van der Waals surface area contributed by atoms with Crippen molar-refractivity contribution in [1.29, 1.82) is 5.26 Å². The number of imidazole rings is 1. The summed E-state index contributed by atoms with van der Waals surface area (Å²) < 4.78 is 19.9. The van der Waals surface area contributed by atoms with Gasteiger partial charge in [0.1, 0.15) is 23.8 Å². The summed E-state index contributed by atoms with van der Waals surface area (Å²) in [6, 6.07) is 6.63. The van der Waals surface area contributed by atoms with Gasteiger partial charge >= 0.3 is 6.01 Å². The number of hydrogen-bond donors (Lipinski definition) is 1. The predicted octanol–water partition coefficient (Wildman–Crippen LogP) is 4.38. The molecule has 1 fully saturated rings. The molecule has 2 aromatic heterocycles. The van der Waals surface area contributed by atoms with Gasteiger partial charge in [-0.05, 0) is 37.8 Å². The summed E-state index contributed by atoms with van der Waals surface area (Å²) in [5.74, 6) is 0.216. The van der Waals surface area contributed by atoms with Crippen LogP contribution in [0, 0.1) is 23.1 Å². The largest absolute Gasteiger partial charge is 0.460 e. The number of nitrogens with one attached hydrogen (secondary N) is 1. The fraction of sp³-hybridized carbons (Fsp3) is 0.263. The standard InChI is InChI=1S/C19H15ClFN5O/c1-10(11-5-6-11)27-19-23-8-12(9-24-19)17-15(7-22)25-18(26-17)16-13(20)3-2-4-14(16)21/h2-4,8-11H,5-6H2,1H3,(H,25,26). The number of nitrogens with zero attached hydrogens (tertiary/aromatic N) is 4. The molecule has 1 aliphatic carbocycles. The average Bonchev–Trinajstić information content (AvgIpc) is 3.43. The van der Waals surface area contributed by atoms with Crippen LogP contribution < -0.4 is 4.74 Å². The lowest BCUT2D eigenvalue weighted by Crippen LogP contribution is -2.15. The number of halogens is 2. The van der Waals surface area contributed by atoms with Gasteiger partial charge in [-0.15, -0.1) is 0 Å². The van der Waals surface area contributed by atoms with E-state index >= 15 is 0 Å². The lowest BCUT2D eigenvalue weighted by atomic mass is 10.2. The van der Waals surface area contributed by atoms with Crippen LogP contribution in [0.2, 0.25) is 5.02 Å². The minimum Gasteiger partial charge on any atom is -0.460 e. The Labute approximate surface area is 160 Å². The molecule has 0 radical (unpaired) electrons. The Balaban J connectivity index is 1.65. The minimum absolute atomic E-state index is 0.0764. The van der Waals surface area contributed by atoms with Crippen LogP contribution in [0.5, 0.6) is 6.01 Å². The van der Waals surface area contributed by atoms with Crippen molar-refractivity contribution in [1.82, 2.24) is 19.9 Å². The topological polar surface area (TPSA) is 87.5 Å². The highest BCUT2D eigenvalue weighted by molar-refractivity contribution is 6.33. The van der Waals surface area contributed by atoms with Crippen molar-refractivity contribution in [2.45, 2.75) is 25.9 Å². The lowest BCUT2D eigenvalue weighted by Gasteiger charge is -2.11. The van der Waals surface area contributed by atoms with Crippen LogP contribution in [-0.4, -0.2) is 26.0 Å². The Kier molecular flexibility index (Phi) is 4.50. The van der Waals surface area contributed by atoms with Gasteiger partial charge in [0, 0.05) is 18.0 Å². The van der Waals surface area contributed by atoms with Gasteiger partial charge < -0.3 is 9.72 Å². The fourth-order valence-corrected chi connectivity index (χ4v) is 3.09. The van der Waals surface area contributed by atoms with Crippen molar-refractivity contribution in [2.75, 3.05) is 0 Å². The average molecular weight is 384 g/mol. The second-order valence-electron chi connectivity index (χ2n) is 6.43. The summed E-state index contributed by atoms with van der Waals surface area (Å²) in [5, 5.41) is 9.60. The monoisotopic (exact) mass is 383 g/mol. The quantitative estimate of drug-likeness (QED) is 0.706. The molecule has 2 heterocycles. The molecule has 27 heavy (non-hydrogen) atoms. The molecule has 0 amide bonds. The van der Waals surface area contributed by atoms with E-state index in [0.29, 0.717) is 17.2 Å². The first-order valence-corrected chi connectivity index (χ1v) is 8.88. The fourth-order valence-electron chi connectivity index (χ4n) is 2.84. The number of rotatable bonds is 5. The molecular weight excluding hydrogens is 369 g/mol. The molecule has 1 atom stereocenters. The Bertz CT molecular complexity index is 1000. The van der Waals surface area contributed by atoms with Gasteiger partial charge in [0.25, 0.3) is 0 Å². The van der Waals surface area contributed by atoms with Gasteiger partial charge in [0.15, 0.2) is 5.69 Å². The number of aromatic amines is 1.